The maximum absolute atomic E-state index is 12.5. The Kier molecular flexibility index (Phi) is 2.69. The molecule has 1 heterocycles. The van der Waals surface area contributed by atoms with Gasteiger partial charge in [0.25, 0.3) is 5.91 Å². The minimum atomic E-state index is -2.04. The van der Waals surface area contributed by atoms with Gasteiger partial charge in [0.05, 0.1) is 5.69 Å². The largest absolute Gasteiger partial charge is 0.373 e. The SMILES string of the molecule is C[C@]1(O)C(=O)c2ccccc2N(c2ccccc2)C1=O. The third kappa shape index (κ3) is 1.66. The summed E-state index contributed by atoms with van der Waals surface area (Å²) in [6, 6.07) is 15.8. The number of benzene rings is 2. The third-order valence-electron chi connectivity index (χ3n) is 3.47. The highest BCUT2D eigenvalue weighted by atomic mass is 16.3. The standard InChI is InChI=1S/C16H13NO3/c1-16(20)14(18)12-9-5-6-10-13(12)17(15(16)19)11-7-3-2-4-8-11/h2-10,20H,1H3/t16-/m0/s1. The van der Waals surface area contributed by atoms with E-state index in [1.54, 1.807) is 48.5 Å². The van der Waals surface area contributed by atoms with E-state index in [0.717, 1.165) is 0 Å². The minimum absolute atomic E-state index is 0.348. The Bertz CT molecular complexity index is 692. The molecule has 0 bridgehead atoms. The molecule has 0 saturated carbocycles. The van der Waals surface area contributed by atoms with Crippen molar-refractivity contribution in [2.24, 2.45) is 0 Å². The zero-order valence-electron chi connectivity index (χ0n) is 10.9. The number of carbonyl (C=O) groups is 2. The predicted molar refractivity (Wildman–Crippen MR) is 75.0 cm³/mol. The van der Waals surface area contributed by atoms with Crippen LogP contribution in [0.2, 0.25) is 0 Å². The van der Waals surface area contributed by atoms with E-state index in [2.05, 4.69) is 0 Å². The number of para-hydroxylation sites is 2. The van der Waals surface area contributed by atoms with Gasteiger partial charge in [-0.1, -0.05) is 30.3 Å². The van der Waals surface area contributed by atoms with Gasteiger partial charge in [0.2, 0.25) is 11.4 Å². The lowest BCUT2D eigenvalue weighted by molar-refractivity contribution is -0.130. The Morgan fingerprint density at radius 2 is 1.55 bits per heavy atom. The summed E-state index contributed by atoms with van der Waals surface area (Å²) in [6.45, 7) is 1.24. The average Bonchev–Trinajstić information content (AvgIpc) is 2.47. The van der Waals surface area contributed by atoms with E-state index in [1.807, 2.05) is 6.07 Å². The average molecular weight is 267 g/mol. The van der Waals surface area contributed by atoms with Gasteiger partial charge in [-0.3, -0.25) is 14.5 Å². The third-order valence-corrected chi connectivity index (χ3v) is 3.47. The van der Waals surface area contributed by atoms with Crippen LogP contribution in [0.15, 0.2) is 54.6 Å². The van der Waals surface area contributed by atoms with Crippen LogP contribution in [0.25, 0.3) is 0 Å². The van der Waals surface area contributed by atoms with Crippen LogP contribution in [0, 0.1) is 0 Å². The van der Waals surface area contributed by atoms with Crippen molar-refractivity contribution in [3.05, 3.63) is 60.2 Å². The summed E-state index contributed by atoms with van der Waals surface area (Å²) in [7, 11) is 0. The first kappa shape index (κ1) is 12.6. The van der Waals surface area contributed by atoms with E-state index < -0.39 is 17.3 Å². The number of carbonyl (C=O) groups excluding carboxylic acids is 2. The highest BCUT2D eigenvalue weighted by Crippen LogP contribution is 2.37. The highest BCUT2D eigenvalue weighted by Gasteiger charge is 2.48. The molecule has 0 radical (unpaired) electrons. The minimum Gasteiger partial charge on any atom is -0.373 e. The summed E-state index contributed by atoms with van der Waals surface area (Å²) in [5.41, 5.74) is -0.566. The van der Waals surface area contributed by atoms with E-state index in [9.17, 15) is 14.7 Å². The quantitative estimate of drug-likeness (QED) is 0.806. The highest BCUT2D eigenvalue weighted by molar-refractivity contribution is 6.28. The monoisotopic (exact) mass is 267 g/mol. The first-order valence-electron chi connectivity index (χ1n) is 6.29. The topological polar surface area (TPSA) is 57.6 Å². The molecule has 4 heteroatoms. The fraction of sp³-hybridized carbons (Fsp3) is 0.125. The fourth-order valence-corrected chi connectivity index (χ4v) is 2.38. The normalized spacial score (nSPS) is 21.8. The summed E-state index contributed by atoms with van der Waals surface area (Å²) in [5, 5.41) is 10.2. The molecular formula is C16H13NO3. The van der Waals surface area contributed by atoms with Crippen LogP contribution < -0.4 is 4.90 Å². The first-order chi connectivity index (χ1) is 9.53. The lowest BCUT2D eigenvalue weighted by Gasteiger charge is -2.36. The van der Waals surface area contributed by atoms with Crippen molar-refractivity contribution < 1.29 is 14.7 Å². The maximum atomic E-state index is 12.5. The van der Waals surface area contributed by atoms with E-state index in [-0.39, 0.29) is 0 Å². The number of rotatable bonds is 1. The van der Waals surface area contributed by atoms with E-state index in [1.165, 1.54) is 11.8 Å². The molecular weight excluding hydrogens is 254 g/mol. The molecule has 4 nitrogen and oxygen atoms in total. The van der Waals surface area contributed by atoms with Crippen molar-refractivity contribution in [3.63, 3.8) is 0 Å². The molecule has 1 aliphatic heterocycles. The lowest BCUT2D eigenvalue weighted by Crippen LogP contribution is -2.54. The van der Waals surface area contributed by atoms with Gasteiger partial charge in [0.15, 0.2) is 0 Å². The first-order valence-corrected chi connectivity index (χ1v) is 6.29. The van der Waals surface area contributed by atoms with Crippen molar-refractivity contribution in [2.45, 2.75) is 12.5 Å². The molecule has 1 aliphatic rings. The molecule has 0 aliphatic carbocycles. The number of Topliss-reactive ketones (excluding diaryl/α,β-unsaturated/α-hetero) is 1. The van der Waals surface area contributed by atoms with Crippen LogP contribution in [0.5, 0.6) is 0 Å². The number of hydrogen-bond donors (Lipinski definition) is 1. The molecule has 3 rings (SSSR count). The molecule has 1 N–H and O–H groups in total. The van der Waals surface area contributed by atoms with Crippen molar-refractivity contribution in [1.29, 1.82) is 0 Å². The maximum Gasteiger partial charge on any atom is 0.271 e. The van der Waals surface area contributed by atoms with Gasteiger partial charge in [-0.15, -0.1) is 0 Å². The van der Waals surface area contributed by atoms with Gasteiger partial charge in [0.1, 0.15) is 0 Å². The predicted octanol–water partition coefficient (Wildman–Crippen LogP) is 2.30. The Hall–Kier alpha value is -2.46. The van der Waals surface area contributed by atoms with Gasteiger partial charge in [-0.25, -0.2) is 0 Å². The smallest absolute Gasteiger partial charge is 0.271 e. The van der Waals surface area contributed by atoms with Gasteiger partial charge in [-0.2, -0.15) is 0 Å². The number of fused-ring (bicyclic) bond motifs is 1. The Morgan fingerprint density at radius 3 is 2.25 bits per heavy atom. The summed E-state index contributed by atoms with van der Waals surface area (Å²) >= 11 is 0. The number of nitrogens with zero attached hydrogens (tertiary/aromatic N) is 1. The van der Waals surface area contributed by atoms with Crippen LogP contribution in [0.3, 0.4) is 0 Å². The van der Waals surface area contributed by atoms with Gasteiger partial charge in [0, 0.05) is 11.3 Å². The molecule has 2 aromatic carbocycles. The van der Waals surface area contributed by atoms with Crippen LogP contribution in [-0.4, -0.2) is 22.4 Å². The second kappa shape index (κ2) is 4.28. The summed E-state index contributed by atoms with van der Waals surface area (Å²) in [5.74, 6) is -1.20. The molecule has 100 valence electrons. The molecule has 0 fully saturated rings. The van der Waals surface area contributed by atoms with Crippen molar-refractivity contribution >= 4 is 23.1 Å². The summed E-state index contributed by atoms with van der Waals surface area (Å²) < 4.78 is 0. The van der Waals surface area contributed by atoms with Crippen LogP contribution in [0.4, 0.5) is 11.4 Å². The van der Waals surface area contributed by atoms with Crippen molar-refractivity contribution in [3.8, 4) is 0 Å². The van der Waals surface area contributed by atoms with Crippen LogP contribution >= 0.6 is 0 Å². The zero-order chi connectivity index (χ0) is 14.3. The number of hydrogen-bond acceptors (Lipinski definition) is 3. The summed E-state index contributed by atoms with van der Waals surface area (Å²) in [4.78, 5) is 26.1. The summed E-state index contributed by atoms with van der Waals surface area (Å²) in [6.07, 6.45) is 0. The zero-order valence-corrected chi connectivity index (χ0v) is 10.9. The van der Waals surface area contributed by atoms with E-state index in [4.69, 9.17) is 0 Å². The molecule has 0 aromatic heterocycles. The number of anilines is 2. The second-order valence-electron chi connectivity index (χ2n) is 4.89. The van der Waals surface area contributed by atoms with Crippen LogP contribution in [-0.2, 0) is 4.79 Å². The Labute approximate surface area is 116 Å². The Morgan fingerprint density at radius 1 is 0.950 bits per heavy atom. The molecule has 1 atom stereocenters. The van der Waals surface area contributed by atoms with Crippen molar-refractivity contribution in [1.82, 2.24) is 0 Å². The van der Waals surface area contributed by atoms with Gasteiger partial charge >= 0.3 is 0 Å². The van der Waals surface area contributed by atoms with Gasteiger partial charge < -0.3 is 5.11 Å². The van der Waals surface area contributed by atoms with E-state index in [0.29, 0.717) is 16.9 Å². The number of amides is 1. The molecule has 0 saturated heterocycles. The fourth-order valence-electron chi connectivity index (χ4n) is 2.38. The van der Waals surface area contributed by atoms with Crippen LogP contribution in [0.1, 0.15) is 17.3 Å². The van der Waals surface area contributed by atoms with E-state index >= 15 is 0 Å². The van der Waals surface area contributed by atoms with Crippen molar-refractivity contribution in [2.75, 3.05) is 4.90 Å². The molecule has 20 heavy (non-hydrogen) atoms. The number of aliphatic hydroxyl groups is 1. The molecule has 0 spiro atoms. The Balaban J connectivity index is 2.26. The number of ketones is 1. The second-order valence-corrected chi connectivity index (χ2v) is 4.89. The molecule has 2 aromatic rings. The lowest BCUT2D eigenvalue weighted by atomic mass is 9.87. The molecule has 0 unspecified atom stereocenters. The molecule has 1 amide bonds. The van der Waals surface area contributed by atoms with Gasteiger partial charge in [-0.05, 0) is 31.2 Å².